The van der Waals surface area contributed by atoms with Gasteiger partial charge < -0.3 is 5.11 Å². The van der Waals surface area contributed by atoms with Crippen molar-refractivity contribution in [3.8, 4) is 0 Å². The average Bonchev–Trinajstić information content (AvgIpc) is 2.16. The van der Waals surface area contributed by atoms with Crippen LogP contribution in [0.3, 0.4) is 0 Å². The van der Waals surface area contributed by atoms with Crippen molar-refractivity contribution in [1.82, 2.24) is 4.98 Å². The van der Waals surface area contributed by atoms with E-state index in [2.05, 4.69) is 4.98 Å². The summed E-state index contributed by atoms with van der Waals surface area (Å²) >= 11 is 7.48. The van der Waals surface area contributed by atoms with Crippen LogP contribution in [0, 0.1) is 3.57 Å². The summed E-state index contributed by atoms with van der Waals surface area (Å²) in [7, 11) is 0. The van der Waals surface area contributed by atoms with E-state index in [0.29, 0.717) is 9.26 Å². The van der Waals surface area contributed by atoms with Crippen LogP contribution in [-0.2, 0) is 12.5 Å². The van der Waals surface area contributed by atoms with E-state index in [9.17, 15) is 8.78 Å². The molecule has 0 spiro atoms. The molecule has 0 bridgehead atoms. The first-order valence-corrected chi connectivity index (χ1v) is 5.34. The Morgan fingerprint density at radius 2 is 2.21 bits per heavy atom. The second-order valence-corrected chi connectivity index (χ2v) is 3.98. The van der Waals surface area contributed by atoms with Gasteiger partial charge >= 0.3 is 0 Å². The second-order valence-electron chi connectivity index (χ2n) is 2.55. The Labute approximate surface area is 98.4 Å². The zero-order valence-electron chi connectivity index (χ0n) is 6.98. The zero-order chi connectivity index (χ0) is 10.7. The highest BCUT2D eigenvalue weighted by Gasteiger charge is 2.16. The number of aromatic nitrogens is 1. The van der Waals surface area contributed by atoms with Gasteiger partial charge in [-0.25, -0.2) is 13.8 Å². The molecule has 78 valence electrons. The van der Waals surface area contributed by atoms with E-state index in [0.717, 1.165) is 0 Å². The van der Waals surface area contributed by atoms with Crippen molar-refractivity contribution >= 4 is 34.2 Å². The molecule has 1 rings (SSSR count). The van der Waals surface area contributed by atoms with Crippen molar-refractivity contribution in [3.63, 3.8) is 0 Å². The Hall–Kier alpha value is -0.0100. The molecule has 0 aliphatic heterocycles. The summed E-state index contributed by atoms with van der Waals surface area (Å²) in [5.41, 5.74) is 0.182. The molecule has 1 aromatic heterocycles. The Morgan fingerprint density at radius 3 is 2.64 bits per heavy atom. The van der Waals surface area contributed by atoms with Gasteiger partial charge in [0.1, 0.15) is 5.69 Å². The largest absolute Gasteiger partial charge is 0.392 e. The van der Waals surface area contributed by atoms with Crippen LogP contribution >= 0.6 is 34.2 Å². The van der Waals surface area contributed by atoms with Gasteiger partial charge in [0, 0.05) is 9.13 Å². The van der Waals surface area contributed by atoms with E-state index in [1.165, 1.54) is 6.07 Å². The molecule has 1 aromatic rings. The van der Waals surface area contributed by atoms with E-state index >= 15 is 0 Å². The third-order valence-corrected chi connectivity index (χ3v) is 2.85. The predicted molar refractivity (Wildman–Crippen MR) is 57.4 cm³/mol. The fraction of sp³-hybridized carbons (Fsp3) is 0.375. The van der Waals surface area contributed by atoms with Crippen LogP contribution in [0.5, 0.6) is 0 Å². The SMILES string of the molecule is OCc1cc(I)c(CCl)nc1C(F)F. The van der Waals surface area contributed by atoms with Gasteiger partial charge in [0.2, 0.25) is 0 Å². The molecule has 0 atom stereocenters. The maximum atomic E-state index is 12.4. The minimum atomic E-state index is -2.68. The van der Waals surface area contributed by atoms with Crippen molar-refractivity contribution in [2.24, 2.45) is 0 Å². The molecule has 0 saturated carbocycles. The van der Waals surface area contributed by atoms with Crippen LogP contribution in [0.1, 0.15) is 23.4 Å². The highest BCUT2D eigenvalue weighted by Crippen LogP contribution is 2.24. The smallest absolute Gasteiger partial charge is 0.280 e. The quantitative estimate of drug-likeness (QED) is 0.681. The molecular formula is C8H7ClF2INO. The van der Waals surface area contributed by atoms with Crippen molar-refractivity contribution < 1.29 is 13.9 Å². The van der Waals surface area contributed by atoms with Crippen LogP contribution in [0.4, 0.5) is 8.78 Å². The number of pyridine rings is 1. The number of nitrogens with zero attached hydrogens (tertiary/aromatic N) is 1. The van der Waals surface area contributed by atoms with Crippen LogP contribution < -0.4 is 0 Å². The molecule has 1 heterocycles. The van der Waals surface area contributed by atoms with E-state index in [1.54, 1.807) is 0 Å². The summed E-state index contributed by atoms with van der Waals surface area (Å²) in [4.78, 5) is 3.71. The summed E-state index contributed by atoms with van der Waals surface area (Å²) in [5.74, 6) is 0.0870. The van der Waals surface area contributed by atoms with Gasteiger partial charge in [-0.15, -0.1) is 11.6 Å². The molecule has 0 saturated heterocycles. The number of halogens is 4. The Balaban J connectivity index is 3.25. The number of hydrogen-bond acceptors (Lipinski definition) is 2. The number of alkyl halides is 3. The van der Waals surface area contributed by atoms with Gasteiger partial charge in [-0.3, -0.25) is 0 Å². The Morgan fingerprint density at radius 1 is 1.57 bits per heavy atom. The monoisotopic (exact) mass is 333 g/mol. The van der Waals surface area contributed by atoms with Crippen LogP contribution in [0.15, 0.2) is 6.07 Å². The van der Waals surface area contributed by atoms with Crippen LogP contribution in [0.2, 0.25) is 0 Å². The molecule has 0 aromatic carbocycles. The minimum absolute atomic E-state index is 0.0870. The molecule has 6 heteroatoms. The molecule has 0 aliphatic carbocycles. The molecule has 2 nitrogen and oxygen atoms in total. The zero-order valence-corrected chi connectivity index (χ0v) is 9.89. The summed E-state index contributed by atoms with van der Waals surface area (Å²) in [5, 5.41) is 8.85. The van der Waals surface area contributed by atoms with Crippen molar-refractivity contribution in [1.29, 1.82) is 0 Å². The number of aliphatic hydroxyl groups is 1. The van der Waals surface area contributed by atoms with Crippen molar-refractivity contribution in [2.75, 3.05) is 0 Å². The van der Waals surface area contributed by atoms with E-state index in [1.807, 2.05) is 22.6 Å². The Bertz CT molecular complexity index is 335. The van der Waals surface area contributed by atoms with Gasteiger partial charge in [-0.05, 0) is 28.7 Å². The molecule has 0 fully saturated rings. The summed E-state index contributed by atoms with van der Waals surface area (Å²) < 4.78 is 25.6. The van der Waals surface area contributed by atoms with Crippen molar-refractivity contribution in [2.45, 2.75) is 18.9 Å². The van der Waals surface area contributed by atoms with E-state index < -0.39 is 13.0 Å². The number of aliphatic hydroxyl groups excluding tert-OH is 1. The lowest BCUT2D eigenvalue weighted by Crippen LogP contribution is -2.03. The normalized spacial score (nSPS) is 11.0. The first-order valence-electron chi connectivity index (χ1n) is 3.73. The molecule has 1 N–H and O–H groups in total. The second kappa shape index (κ2) is 5.18. The topological polar surface area (TPSA) is 33.1 Å². The van der Waals surface area contributed by atoms with E-state index in [-0.39, 0.29) is 17.1 Å². The highest BCUT2D eigenvalue weighted by atomic mass is 127. The fourth-order valence-corrected chi connectivity index (χ4v) is 2.11. The van der Waals surface area contributed by atoms with Crippen LogP contribution in [0.25, 0.3) is 0 Å². The first kappa shape index (κ1) is 12.1. The maximum absolute atomic E-state index is 12.4. The van der Waals surface area contributed by atoms with Gasteiger partial charge in [-0.1, -0.05) is 0 Å². The molecule has 0 aliphatic rings. The summed E-state index contributed by atoms with van der Waals surface area (Å²) in [6, 6.07) is 1.48. The molecule has 0 amide bonds. The van der Waals surface area contributed by atoms with Gasteiger partial charge in [-0.2, -0.15) is 0 Å². The Kier molecular flexibility index (Phi) is 4.46. The molecule has 0 radical (unpaired) electrons. The lowest BCUT2D eigenvalue weighted by Gasteiger charge is -2.08. The van der Waals surface area contributed by atoms with Crippen molar-refractivity contribution in [3.05, 3.63) is 26.6 Å². The third-order valence-electron chi connectivity index (χ3n) is 1.66. The lowest BCUT2D eigenvalue weighted by atomic mass is 10.2. The molecule has 14 heavy (non-hydrogen) atoms. The first-order chi connectivity index (χ1) is 6.60. The molecular weight excluding hydrogens is 326 g/mol. The summed E-state index contributed by atoms with van der Waals surface area (Å²) in [6.45, 7) is -0.439. The number of hydrogen-bond donors (Lipinski definition) is 1. The molecule has 0 unspecified atom stereocenters. The third kappa shape index (κ3) is 2.52. The number of rotatable bonds is 3. The van der Waals surface area contributed by atoms with Gasteiger partial charge in [0.15, 0.2) is 0 Å². The van der Waals surface area contributed by atoms with Crippen LogP contribution in [-0.4, -0.2) is 10.1 Å². The van der Waals surface area contributed by atoms with E-state index in [4.69, 9.17) is 16.7 Å². The van der Waals surface area contributed by atoms with Gasteiger partial charge in [0.05, 0.1) is 18.2 Å². The fourth-order valence-electron chi connectivity index (χ4n) is 0.990. The predicted octanol–water partition coefficient (Wildman–Crippen LogP) is 2.85. The highest BCUT2D eigenvalue weighted by molar-refractivity contribution is 14.1. The standard InChI is InChI=1S/C8H7ClF2INO/c9-2-6-5(12)1-4(3-14)7(13-6)8(10)11/h1,8,14H,2-3H2. The van der Waals surface area contributed by atoms with Gasteiger partial charge in [0.25, 0.3) is 6.43 Å². The minimum Gasteiger partial charge on any atom is -0.392 e. The average molecular weight is 334 g/mol. The lowest BCUT2D eigenvalue weighted by molar-refractivity contribution is 0.141. The summed E-state index contributed by atoms with van der Waals surface area (Å²) in [6.07, 6.45) is -2.68. The maximum Gasteiger partial charge on any atom is 0.280 e.